The molecule has 2 bridgehead atoms. The standard InChI is InChI=1S/C20H30N2O2/c1-13(2)15-6-5-7-19(10-15)24-14(3)20(23)22(4)18-11-16-8-9-17(12-18)21-16/h5-7,10,13-14,16-18,21H,8-9,11-12H2,1-4H3. The summed E-state index contributed by atoms with van der Waals surface area (Å²) in [7, 11) is 1.93. The lowest BCUT2D eigenvalue weighted by Gasteiger charge is -2.36. The zero-order valence-corrected chi connectivity index (χ0v) is 15.3. The van der Waals surface area contributed by atoms with Gasteiger partial charge in [0, 0.05) is 25.2 Å². The predicted molar refractivity (Wildman–Crippen MR) is 96.4 cm³/mol. The number of benzene rings is 1. The third-order valence-electron chi connectivity index (χ3n) is 5.53. The van der Waals surface area contributed by atoms with Crippen LogP contribution in [0.3, 0.4) is 0 Å². The summed E-state index contributed by atoms with van der Waals surface area (Å²) in [6.07, 6.45) is 4.17. The highest BCUT2D eigenvalue weighted by Gasteiger charge is 2.37. The molecule has 1 N–H and O–H groups in total. The van der Waals surface area contributed by atoms with Gasteiger partial charge in [0.05, 0.1) is 0 Å². The number of nitrogens with one attached hydrogen (secondary N) is 1. The zero-order chi connectivity index (χ0) is 17.3. The molecular weight excluding hydrogens is 300 g/mol. The lowest BCUT2D eigenvalue weighted by Crippen LogP contribution is -2.51. The molecule has 0 radical (unpaired) electrons. The summed E-state index contributed by atoms with van der Waals surface area (Å²) >= 11 is 0. The molecule has 0 spiro atoms. The van der Waals surface area contributed by atoms with Gasteiger partial charge in [-0.15, -0.1) is 0 Å². The van der Waals surface area contributed by atoms with Crippen LogP contribution >= 0.6 is 0 Å². The largest absolute Gasteiger partial charge is 0.481 e. The highest BCUT2D eigenvalue weighted by molar-refractivity contribution is 5.81. The number of likely N-dealkylation sites (N-methyl/N-ethyl adjacent to an activating group) is 1. The zero-order valence-electron chi connectivity index (χ0n) is 15.3. The van der Waals surface area contributed by atoms with Crippen molar-refractivity contribution in [1.29, 1.82) is 0 Å². The molecule has 0 saturated carbocycles. The summed E-state index contributed by atoms with van der Waals surface area (Å²) in [5.41, 5.74) is 1.23. The minimum absolute atomic E-state index is 0.0799. The van der Waals surface area contributed by atoms with E-state index in [1.54, 1.807) is 0 Å². The summed E-state index contributed by atoms with van der Waals surface area (Å²) in [5, 5.41) is 3.63. The number of hydrogen-bond acceptors (Lipinski definition) is 3. The Bertz CT molecular complexity index is 575. The molecule has 0 aliphatic carbocycles. The van der Waals surface area contributed by atoms with Gasteiger partial charge in [-0.3, -0.25) is 4.79 Å². The van der Waals surface area contributed by atoms with Crippen LogP contribution in [0.2, 0.25) is 0 Å². The lowest BCUT2D eigenvalue weighted by molar-refractivity contribution is -0.139. The van der Waals surface area contributed by atoms with Crippen LogP contribution in [0.4, 0.5) is 0 Å². The molecule has 24 heavy (non-hydrogen) atoms. The smallest absolute Gasteiger partial charge is 0.263 e. The van der Waals surface area contributed by atoms with E-state index in [1.165, 1.54) is 18.4 Å². The van der Waals surface area contributed by atoms with Gasteiger partial charge in [0.1, 0.15) is 5.75 Å². The summed E-state index contributed by atoms with van der Waals surface area (Å²) in [5.74, 6) is 1.31. The molecule has 1 aromatic rings. The van der Waals surface area contributed by atoms with E-state index in [0.717, 1.165) is 18.6 Å². The molecule has 3 rings (SSSR count). The van der Waals surface area contributed by atoms with Gasteiger partial charge in [0.15, 0.2) is 6.10 Å². The van der Waals surface area contributed by atoms with Crippen molar-refractivity contribution < 1.29 is 9.53 Å². The summed E-state index contributed by atoms with van der Waals surface area (Å²) in [4.78, 5) is 14.7. The molecule has 2 heterocycles. The van der Waals surface area contributed by atoms with Crippen molar-refractivity contribution in [3.8, 4) is 5.75 Å². The average molecular weight is 330 g/mol. The first kappa shape index (κ1) is 17.3. The van der Waals surface area contributed by atoms with Crippen LogP contribution in [-0.2, 0) is 4.79 Å². The molecule has 132 valence electrons. The summed E-state index contributed by atoms with van der Waals surface area (Å²) < 4.78 is 5.94. The van der Waals surface area contributed by atoms with Gasteiger partial charge in [-0.2, -0.15) is 0 Å². The molecule has 2 aliphatic heterocycles. The first-order valence-corrected chi connectivity index (χ1v) is 9.23. The lowest BCUT2D eigenvalue weighted by atomic mass is 9.98. The third-order valence-corrected chi connectivity index (χ3v) is 5.53. The SMILES string of the molecule is CC(Oc1cccc(C(C)C)c1)C(=O)N(C)C1CC2CCC(C1)N2. The van der Waals surface area contributed by atoms with Crippen LogP contribution in [0.1, 0.15) is 57.9 Å². The molecule has 2 fully saturated rings. The number of hydrogen-bond donors (Lipinski definition) is 1. The third kappa shape index (κ3) is 3.75. The van der Waals surface area contributed by atoms with Crippen LogP contribution in [-0.4, -0.2) is 42.1 Å². The predicted octanol–water partition coefficient (Wildman–Crippen LogP) is 3.32. The number of fused-ring (bicyclic) bond motifs is 2. The van der Waals surface area contributed by atoms with Crippen LogP contribution in [0, 0.1) is 0 Å². The van der Waals surface area contributed by atoms with E-state index in [-0.39, 0.29) is 5.91 Å². The molecule has 4 heteroatoms. The van der Waals surface area contributed by atoms with E-state index in [2.05, 4.69) is 25.2 Å². The quantitative estimate of drug-likeness (QED) is 0.900. The van der Waals surface area contributed by atoms with Gasteiger partial charge in [-0.25, -0.2) is 0 Å². The molecule has 4 nitrogen and oxygen atoms in total. The molecular formula is C20H30N2O2. The van der Waals surface area contributed by atoms with Crippen LogP contribution in [0.25, 0.3) is 0 Å². The Hall–Kier alpha value is -1.55. The monoisotopic (exact) mass is 330 g/mol. The number of rotatable bonds is 5. The second-order valence-electron chi connectivity index (χ2n) is 7.70. The van der Waals surface area contributed by atoms with Crippen molar-refractivity contribution >= 4 is 5.91 Å². The fraction of sp³-hybridized carbons (Fsp3) is 0.650. The number of nitrogens with zero attached hydrogens (tertiary/aromatic N) is 1. The fourth-order valence-electron chi connectivity index (χ4n) is 4.01. The maximum atomic E-state index is 12.8. The Morgan fingerprint density at radius 2 is 1.88 bits per heavy atom. The van der Waals surface area contributed by atoms with E-state index in [4.69, 9.17) is 4.74 Å². The molecule has 3 atom stereocenters. The van der Waals surface area contributed by atoms with Crippen molar-refractivity contribution in [3.05, 3.63) is 29.8 Å². The van der Waals surface area contributed by atoms with Gasteiger partial charge in [-0.1, -0.05) is 26.0 Å². The van der Waals surface area contributed by atoms with Gasteiger partial charge in [0.2, 0.25) is 0 Å². The number of amides is 1. The molecule has 2 aliphatic rings. The van der Waals surface area contributed by atoms with E-state index >= 15 is 0 Å². The Morgan fingerprint density at radius 3 is 2.50 bits per heavy atom. The van der Waals surface area contributed by atoms with Crippen LogP contribution in [0.15, 0.2) is 24.3 Å². The van der Waals surface area contributed by atoms with Gasteiger partial charge < -0.3 is 15.0 Å². The number of carbonyl (C=O) groups excluding carboxylic acids is 1. The van der Waals surface area contributed by atoms with Crippen molar-refractivity contribution in [2.45, 2.75) is 76.6 Å². The number of ether oxygens (including phenoxy) is 1. The molecule has 2 saturated heterocycles. The highest BCUT2D eigenvalue weighted by atomic mass is 16.5. The van der Waals surface area contributed by atoms with Gasteiger partial charge in [-0.05, 0) is 56.2 Å². The average Bonchev–Trinajstić information content (AvgIpc) is 2.91. The van der Waals surface area contributed by atoms with Crippen molar-refractivity contribution in [3.63, 3.8) is 0 Å². The second-order valence-corrected chi connectivity index (χ2v) is 7.70. The highest BCUT2D eigenvalue weighted by Crippen LogP contribution is 2.29. The topological polar surface area (TPSA) is 41.6 Å². The molecule has 0 aromatic heterocycles. The first-order chi connectivity index (χ1) is 11.4. The summed E-state index contributed by atoms with van der Waals surface area (Å²) in [6, 6.07) is 9.58. The molecule has 3 unspecified atom stereocenters. The first-order valence-electron chi connectivity index (χ1n) is 9.23. The van der Waals surface area contributed by atoms with Gasteiger partial charge in [0.25, 0.3) is 5.91 Å². The van der Waals surface area contributed by atoms with Crippen molar-refractivity contribution in [2.75, 3.05) is 7.05 Å². The fourth-order valence-corrected chi connectivity index (χ4v) is 4.01. The van der Waals surface area contributed by atoms with Crippen molar-refractivity contribution in [1.82, 2.24) is 10.2 Å². The number of piperidine rings is 1. The number of carbonyl (C=O) groups is 1. The maximum Gasteiger partial charge on any atom is 0.263 e. The van der Waals surface area contributed by atoms with E-state index in [9.17, 15) is 4.79 Å². The van der Waals surface area contributed by atoms with Crippen LogP contribution in [0.5, 0.6) is 5.75 Å². The van der Waals surface area contributed by atoms with Crippen LogP contribution < -0.4 is 10.1 Å². The second kappa shape index (κ2) is 7.14. The minimum Gasteiger partial charge on any atom is -0.481 e. The molecule has 1 amide bonds. The normalized spacial score (nSPS) is 27.1. The minimum atomic E-state index is -0.454. The maximum absolute atomic E-state index is 12.8. The Kier molecular flexibility index (Phi) is 5.14. The Morgan fingerprint density at radius 1 is 1.21 bits per heavy atom. The Balaban J connectivity index is 1.61. The van der Waals surface area contributed by atoms with E-state index < -0.39 is 6.10 Å². The Labute approximate surface area is 145 Å². The van der Waals surface area contributed by atoms with E-state index in [1.807, 2.05) is 37.1 Å². The van der Waals surface area contributed by atoms with E-state index in [0.29, 0.717) is 24.0 Å². The molecule has 1 aromatic carbocycles. The van der Waals surface area contributed by atoms with Gasteiger partial charge >= 0.3 is 0 Å². The summed E-state index contributed by atoms with van der Waals surface area (Å²) in [6.45, 7) is 6.18. The van der Waals surface area contributed by atoms with Crippen molar-refractivity contribution in [2.24, 2.45) is 0 Å².